The van der Waals surface area contributed by atoms with E-state index in [0.29, 0.717) is 13.2 Å². The van der Waals surface area contributed by atoms with Crippen LogP contribution in [0, 0.1) is 0 Å². The molecular formula is C12H15N3O2S. The molecule has 96 valence electrons. The summed E-state index contributed by atoms with van der Waals surface area (Å²) < 4.78 is 6.65. The number of aliphatic hydroxyl groups excluding tert-OH is 1. The molecule has 2 unspecified atom stereocenters. The van der Waals surface area contributed by atoms with Gasteiger partial charge in [0, 0.05) is 6.54 Å². The van der Waals surface area contributed by atoms with Gasteiger partial charge in [0.25, 0.3) is 0 Å². The Morgan fingerprint density at radius 2 is 2.44 bits per heavy atom. The van der Waals surface area contributed by atoms with E-state index in [1.807, 2.05) is 11.4 Å². The van der Waals surface area contributed by atoms with Crippen molar-refractivity contribution in [1.29, 1.82) is 0 Å². The van der Waals surface area contributed by atoms with Gasteiger partial charge >= 0.3 is 0 Å². The van der Waals surface area contributed by atoms with E-state index in [-0.39, 0.29) is 18.8 Å². The lowest BCUT2D eigenvalue weighted by molar-refractivity contribution is -0.0104. The first-order chi connectivity index (χ1) is 8.79. The van der Waals surface area contributed by atoms with Gasteiger partial charge in [-0.1, -0.05) is 0 Å². The third-order valence-electron chi connectivity index (χ3n) is 3.21. The van der Waals surface area contributed by atoms with Gasteiger partial charge < -0.3 is 14.7 Å². The van der Waals surface area contributed by atoms with E-state index < -0.39 is 0 Å². The van der Waals surface area contributed by atoms with E-state index in [0.717, 1.165) is 16.0 Å². The summed E-state index contributed by atoms with van der Waals surface area (Å²) in [6.07, 6.45) is 1.46. The van der Waals surface area contributed by atoms with Crippen LogP contribution >= 0.6 is 11.3 Å². The maximum Gasteiger partial charge on any atom is 0.150 e. The van der Waals surface area contributed by atoms with E-state index in [4.69, 9.17) is 4.74 Å². The number of anilines is 1. The average Bonchev–Trinajstić information content (AvgIpc) is 2.87. The maximum atomic E-state index is 9.23. The van der Waals surface area contributed by atoms with Crippen LogP contribution in [0.2, 0.25) is 0 Å². The average molecular weight is 265 g/mol. The number of rotatable bonds is 2. The maximum absolute atomic E-state index is 9.23. The van der Waals surface area contributed by atoms with Crippen molar-refractivity contribution in [2.24, 2.45) is 0 Å². The fraction of sp³-hybridized carbons (Fsp3) is 0.500. The van der Waals surface area contributed by atoms with Crippen LogP contribution < -0.4 is 4.90 Å². The Labute approximate surface area is 109 Å². The minimum Gasteiger partial charge on any atom is -0.394 e. The Kier molecular flexibility index (Phi) is 3.15. The molecule has 0 amide bonds. The number of fused-ring (bicyclic) bond motifs is 1. The van der Waals surface area contributed by atoms with Crippen LogP contribution in [-0.4, -0.2) is 47.0 Å². The Morgan fingerprint density at radius 3 is 3.28 bits per heavy atom. The number of thiophene rings is 1. The van der Waals surface area contributed by atoms with Crippen molar-refractivity contribution >= 4 is 27.4 Å². The molecule has 0 aromatic carbocycles. The van der Waals surface area contributed by atoms with E-state index in [1.54, 1.807) is 17.7 Å². The van der Waals surface area contributed by atoms with Gasteiger partial charge in [0.2, 0.25) is 0 Å². The summed E-state index contributed by atoms with van der Waals surface area (Å²) in [5, 5.41) is 11.3. The van der Waals surface area contributed by atoms with Gasteiger partial charge in [-0.05, 0) is 18.4 Å². The summed E-state index contributed by atoms with van der Waals surface area (Å²) in [4.78, 5) is 10.9. The second-order valence-corrected chi connectivity index (χ2v) is 5.39. The first-order valence-corrected chi connectivity index (χ1v) is 6.85. The van der Waals surface area contributed by atoms with Crippen LogP contribution in [0.1, 0.15) is 6.92 Å². The second kappa shape index (κ2) is 4.79. The normalized spacial score (nSPS) is 24.7. The standard InChI is InChI=1S/C12H15N3O2S/c1-8-6-17-9(5-16)4-15(8)12-11-10(2-3-18-11)13-7-14-12/h2-3,7-9,16H,4-6H2,1H3. The molecule has 6 heteroatoms. The first-order valence-electron chi connectivity index (χ1n) is 5.97. The van der Waals surface area contributed by atoms with Crippen molar-refractivity contribution in [2.75, 3.05) is 24.7 Å². The molecule has 1 saturated heterocycles. The molecule has 0 spiro atoms. The Balaban J connectivity index is 1.99. The number of hydrogen-bond donors (Lipinski definition) is 1. The van der Waals surface area contributed by atoms with Crippen molar-refractivity contribution in [2.45, 2.75) is 19.1 Å². The third-order valence-corrected chi connectivity index (χ3v) is 4.11. The molecule has 2 aromatic heterocycles. The second-order valence-electron chi connectivity index (χ2n) is 4.47. The summed E-state index contributed by atoms with van der Waals surface area (Å²) in [5.41, 5.74) is 0.976. The quantitative estimate of drug-likeness (QED) is 0.886. The third kappa shape index (κ3) is 1.96. The molecule has 2 aromatic rings. The zero-order valence-corrected chi connectivity index (χ0v) is 10.9. The predicted octanol–water partition coefficient (Wildman–Crippen LogP) is 1.28. The van der Waals surface area contributed by atoms with Gasteiger partial charge in [0.15, 0.2) is 0 Å². The molecule has 1 aliphatic heterocycles. The molecule has 0 aliphatic carbocycles. The lowest BCUT2D eigenvalue weighted by Gasteiger charge is -2.38. The number of aromatic nitrogens is 2. The minimum absolute atomic E-state index is 0.0435. The number of ether oxygens (including phenoxy) is 1. The van der Waals surface area contributed by atoms with Gasteiger partial charge in [-0.15, -0.1) is 11.3 Å². The van der Waals surface area contributed by atoms with E-state index in [9.17, 15) is 5.11 Å². The number of hydrogen-bond acceptors (Lipinski definition) is 6. The Bertz CT molecular complexity index is 545. The van der Waals surface area contributed by atoms with Crippen molar-refractivity contribution in [3.05, 3.63) is 17.8 Å². The Hall–Kier alpha value is -1.24. The van der Waals surface area contributed by atoms with Crippen molar-refractivity contribution < 1.29 is 9.84 Å². The highest BCUT2D eigenvalue weighted by Gasteiger charge is 2.28. The summed E-state index contributed by atoms with van der Waals surface area (Å²) in [6.45, 7) is 3.43. The largest absolute Gasteiger partial charge is 0.394 e. The molecule has 5 nitrogen and oxygen atoms in total. The van der Waals surface area contributed by atoms with E-state index >= 15 is 0 Å². The van der Waals surface area contributed by atoms with Crippen LogP contribution in [0.15, 0.2) is 17.8 Å². The summed E-state index contributed by atoms with van der Waals surface area (Å²) in [5.74, 6) is 0.948. The molecule has 1 N–H and O–H groups in total. The fourth-order valence-electron chi connectivity index (χ4n) is 2.20. The van der Waals surface area contributed by atoms with E-state index in [1.165, 1.54) is 0 Å². The molecule has 0 bridgehead atoms. The van der Waals surface area contributed by atoms with Crippen LogP contribution in [0.25, 0.3) is 10.2 Å². The molecule has 3 heterocycles. The zero-order chi connectivity index (χ0) is 12.5. The predicted molar refractivity (Wildman–Crippen MR) is 71.0 cm³/mol. The monoisotopic (exact) mass is 265 g/mol. The van der Waals surface area contributed by atoms with Crippen molar-refractivity contribution in [3.8, 4) is 0 Å². The highest BCUT2D eigenvalue weighted by atomic mass is 32.1. The van der Waals surface area contributed by atoms with Gasteiger partial charge in [-0.2, -0.15) is 0 Å². The molecule has 2 atom stereocenters. The highest BCUT2D eigenvalue weighted by Crippen LogP contribution is 2.30. The topological polar surface area (TPSA) is 58.5 Å². The van der Waals surface area contributed by atoms with Gasteiger partial charge in [0.05, 0.1) is 35.6 Å². The molecule has 0 saturated carbocycles. The van der Waals surface area contributed by atoms with Crippen LogP contribution in [-0.2, 0) is 4.74 Å². The summed E-state index contributed by atoms with van der Waals surface area (Å²) in [7, 11) is 0. The van der Waals surface area contributed by atoms with Crippen molar-refractivity contribution in [1.82, 2.24) is 9.97 Å². The molecule has 1 aliphatic rings. The molecule has 18 heavy (non-hydrogen) atoms. The minimum atomic E-state index is -0.133. The lowest BCUT2D eigenvalue weighted by atomic mass is 10.2. The fourth-order valence-corrected chi connectivity index (χ4v) is 3.05. The number of nitrogens with zero attached hydrogens (tertiary/aromatic N) is 3. The van der Waals surface area contributed by atoms with E-state index in [2.05, 4.69) is 21.8 Å². The smallest absolute Gasteiger partial charge is 0.150 e. The van der Waals surface area contributed by atoms with Crippen LogP contribution in [0.3, 0.4) is 0 Å². The summed E-state index contributed by atoms with van der Waals surface area (Å²) in [6, 6.07) is 2.26. The first kappa shape index (κ1) is 11.8. The van der Waals surface area contributed by atoms with Crippen molar-refractivity contribution in [3.63, 3.8) is 0 Å². The van der Waals surface area contributed by atoms with Crippen LogP contribution in [0.4, 0.5) is 5.82 Å². The molecule has 1 fully saturated rings. The van der Waals surface area contributed by atoms with Crippen LogP contribution in [0.5, 0.6) is 0 Å². The van der Waals surface area contributed by atoms with Gasteiger partial charge in [-0.3, -0.25) is 0 Å². The van der Waals surface area contributed by atoms with Gasteiger partial charge in [-0.25, -0.2) is 9.97 Å². The number of morpholine rings is 1. The highest BCUT2D eigenvalue weighted by molar-refractivity contribution is 7.17. The zero-order valence-electron chi connectivity index (χ0n) is 10.1. The molecule has 3 rings (SSSR count). The summed E-state index contributed by atoms with van der Waals surface area (Å²) >= 11 is 1.65. The lowest BCUT2D eigenvalue weighted by Crippen LogP contribution is -2.50. The SMILES string of the molecule is CC1COC(CO)CN1c1ncnc2ccsc12. The van der Waals surface area contributed by atoms with Gasteiger partial charge in [0.1, 0.15) is 12.1 Å². The molecular weight excluding hydrogens is 250 g/mol. The number of aliphatic hydroxyl groups is 1. The molecule has 0 radical (unpaired) electrons. The Morgan fingerprint density at radius 1 is 1.56 bits per heavy atom.